The lowest BCUT2D eigenvalue weighted by molar-refractivity contribution is 0.0696. The molecule has 36 heavy (non-hydrogen) atoms. The molecule has 3 aromatic carbocycles. The van der Waals surface area contributed by atoms with Crippen molar-refractivity contribution in [2.24, 2.45) is 0 Å². The van der Waals surface area contributed by atoms with Crippen LogP contribution in [0.15, 0.2) is 64.2 Å². The number of rotatable bonds is 5. The van der Waals surface area contributed by atoms with E-state index in [-0.39, 0.29) is 34.3 Å². The summed E-state index contributed by atoms with van der Waals surface area (Å²) < 4.78 is 0. The lowest BCUT2D eigenvalue weighted by Gasteiger charge is -2.06. The molecular weight excluding hydrogens is 470 g/mol. The molecule has 5 rings (SSSR count). The number of hydrogen-bond donors (Lipinski definition) is 8. The zero-order valence-corrected chi connectivity index (χ0v) is 18.6. The predicted octanol–water partition coefficient (Wildman–Crippen LogP) is 1.79. The van der Waals surface area contributed by atoms with Crippen LogP contribution in [-0.4, -0.2) is 53.7 Å². The number of carbonyl (C=O) groups excluding carboxylic acids is 1. The Hall–Kier alpha value is -5.26. The van der Waals surface area contributed by atoms with E-state index in [1.165, 1.54) is 24.3 Å². The summed E-state index contributed by atoms with van der Waals surface area (Å²) in [5.74, 6) is -1.62. The van der Waals surface area contributed by atoms with Crippen LogP contribution in [0.2, 0.25) is 0 Å². The first-order chi connectivity index (χ1) is 17.2. The Morgan fingerprint density at radius 3 is 1.83 bits per heavy atom. The van der Waals surface area contributed by atoms with Gasteiger partial charge in [-0.3, -0.25) is 4.79 Å². The molecule has 0 atom stereocenters. The van der Waals surface area contributed by atoms with Gasteiger partial charge in [0, 0.05) is 12.1 Å². The Kier molecular flexibility index (Phi) is 6.59. The van der Waals surface area contributed by atoms with Crippen molar-refractivity contribution in [3.63, 3.8) is 0 Å². The highest BCUT2D eigenvalue weighted by Gasteiger charge is 2.08. The smallest absolute Gasteiger partial charge is 0.335 e. The molecule has 5 aromatic rings. The Bertz CT molecular complexity index is 1690. The minimum atomic E-state index is -1.01. The monoisotopic (exact) mass is 491 g/mol. The number of H-pyrrole nitrogens is 4. The van der Waals surface area contributed by atoms with E-state index in [1.54, 1.807) is 30.3 Å². The number of aromatic carboxylic acids is 1. The van der Waals surface area contributed by atoms with Crippen LogP contribution in [0.3, 0.4) is 0 Å². The fraction of sp³-hybridized carbons (Fsp3) is 0.0833. The first-order valence-electron chi connectivity index (χ1n) is 10.7. The molecule has 0 radical (unpaired) electrons. The Balaban J connectivity index is 0.000000197. The number of aromatic hydroxyl groups is 2. The van der Waals surface area contributed by atoms with E-state index in [4.69, 9.17) is 5.11 Å². The first-order valence-corrected chi connectivity index (χ1v) is 10.7. The molecule has 12 nitrogen and oxygen atoms in total. The van der Waals surface area contributed by atoms with E-state index in [9.17, 15) is 29.4 Å². The molecule has 0 saturated carbocycles. The number of carboxylic acid groups (broad SMARTS) is 1. The van der Waals surface area contributed by atoms with Gasteiger partial charge in [-0.15, -0.1) is 0 Å². The number of carbonyl (C=O) groups is 2. The summed E-state index contributed by atoms with van der Waals surface area (Å²) in [6.07, 6.45) is 0.517. The van der Waals surface area contributed by atoms with Gasteiger partial charge in [0.2, 0.25) is 0 Å². The zero-order chi connectivity index (χ0) is 25.8. The van der Waals surface area contributed by atoms with Crippen LogP contribution in [0.4, 0.5) is 0 Å². The highest BCUT2D eigenvalue weighted by atomic mass is 16.4. The maximum Gasteiger partial charge on any atom is 0.335 e. The highest BCUT2D eigenvalue weighted by molar-refractivity contribution is 5.97. The Morgan fingerprint density at radius 1 is 0.694 bits per heavy atom. The lowest BCUT2D eigenvalue weighted by Crippen LogP contribution is -2.25. The molecule has 0 aliphatic rings. The molecule has 0 unspecified atom stereocenters. The third kappa shape index (κ3) is 5.44. The molecular formula is C24H21N5O7. The Labute approximate surface area is 201 Å². The topological polar surface area (TPSA) is 204 Å². The molecule has 0 fully saturated rings. The van der Waals surface area contributed by atoms with Crippen LogP contribution in [0.1, 0.15) is 26.3 Å². The van der Waals surface area contributed by atoms with E-state index in [1.807, 2.05) is 0 Å². The number of amides is 1. The minimum absolute atomic E-state index is 0.155. The number of nitrogens with one attached hydrogen (secondary N) is 5. The molecule has 0 aliphatic heterocycles. The van der Waals surface area contributed by atoms with Gasteiger partial charge in [-0.05, 0) is 60.5 Å². The van der Waals surface area contributed by atoms with Crippen molar-refractivity contribution in [1.29, 1.82) is 0 Å². The van der Waals surface area contributed by atoms with Crippen LogP contribution in [-0.2, 0) is 6.42 Å². The number of fused-ring (bicyclic) bond motifs is 2. The summed E-state index contributed by atoms with van der Waals surface area (Å²) in [4.78, 5) is 54.9. The molecule has 0 spiro atoms. The molecule has 2 heterocycles. The normalized spacial score (nSPS) is 10.7. The fourth-order valence-electron chi connectivity index (χ4n) is 3.49. The van der Waals surface area contributed by atoms with Crippen LogP contribution in [0.25, 0.3) is 22.1 Å². The van der Waals surface area contributed by atoms with E-state index in [2.05, 4.69) is 25.3 Å². The summed E-state index contributed by atoms with van der Waals surface area (Å²) in [7, 11) is 0. The minimum Gasteiger partial charge on any atom is -0.504 e. The second kappa shape index (κ2) is 9.93. The zero-order valence-electron chi connectivity index (χ0n) is 18.6. The van der Waals surface area contributed by atoms with Crippen LogP contribution in [0, 0.1) is 0 Å². The number of benzene rings is 3. The molecule has 0 saturated heterocycles. The quantitative estimate of drug-likeness (QED) is 0.171. The molecule has 12 heteroatoms. The van der Waals surface area contributed by atoms with Crippen molar-refractivity contribution in [1.82, 2.24) is 25.3 Å². The molecule has 2 aromatic heterocycles. The number of imidazole rings is 2. The third-order valence-corrected chi connectivity index (χ3v) is 5.28. The van der Waals surface area contributed by atoms with Gasteiger partial charge in [-0.25, -0.2) is 14.4 Å². The number of carboxylic acids is 1. The number of hydrogen-bond acceptors (Lipinski definition) is 6. The molecule has 184 valence electrons. The molecule has 1 amide bonds. The molecule has 0 aliphatic carbocycles. The SMILES string of the molecule is O=C(NCCc1ccc(O)c(O)c1)c1ccc2[nH]c(=O)[nH]c2c1.O=C(O)c1ccc2[nH]c(=O)[nH]c2c1. The van der Waals surface area contributed by atoms with E-state index < -0.39 is 5.97 Å². The van der Waals surface area contributed by atoms with Crippen molar-refractivity contribution in [3.8, 4) is 11.5 Å². The van der Waals surface area contributed by atoms with Gasteiger partial charge in [0.25, 0.3) is 5.91 Å². The van der Waals surface area contributed by atoms with Gasteiger partial charge < -0.3 is 40.6 Å². The number of phenolic OH excluding ortho intramolecular Hbond substituents is 2. The number of phenols is 2. The average molecular weight is 491 g/mol. The molecule has 0 bridgehead atoms. The van der Waals surface area contributed by atoms with Gasteiger partial charge in [0.15, 0.2) is 11.5 Å². The third-order valence-electron chi connectivity index (χ3n) is 5.28. The summed E-state index contributed by atoms with van der Waals surface area (Å²) in [5.41, 5.74) is 3.08. The Morgan fingerprint density at radius 2 is 1.25 bits per heavy atom. The second-order valence-electron chi connectivity index (χ2n) is 7.81. The van der Waals surface area contributed by atoms with Gasteiger partial charge >= 0.3 is 17.3 Å². The van der Waals surface area contributed by atoms with Crippen molar-refractivity contribution in [3.05, 3.63) is 92.3 Å². The van der Waals surface area contributed by atoms with Crippen LogP contribution >= 0.6 is 0 Å². The maximum atomic E-state index is 12.1. The number of aromatic nitrogens is 4. The predicted molar refractivity (Wildman–Crippen MR) is 131 cm³/mol. The second-order valence-corrected chi connectivity index (χ2v) is 7.81. The van der Waals surface area contributed by atoms with Crippen molar-refractivity contribution in [2.75, 3.05) is 6.54 Å². The van der Waals surface area contributed by atoms with Gasteiger partial charge in [-0.1, -0.05) is 6.07 Å². The molecule has 8 N–H and O–H groups in total. The summed E-state index contributed by atoms with van der Waals surface area (Å²) in [6.45, 7) is 0.380. The lowest BCUT2D eigenvalue weighted by atomic mass is 10.1. The fourth-order valence-corrected chi connectivity index (χ4v) is 3.49. The highest BCUT2D eigenvalue weighted by Crippen LogP contribution is 2.24. The summed E-state index contributed by atoms with van der Waals surface area (Å²) >= 11 is 0. The van der Waals surface area contributed by atoms with Crippen molar-refractivity contribution < 1.29 is 24.9 Å². The summed E-state index contributed by atoms with van der Waals surface area (Å²) in [6, 6.07) is 13.8. The van der Waals surface area contributed by atoms with Crippen molar-refractivity contribution in [2.45, 2.75) is 6.42 Å². The largest absolute Gasteiger partial charge is 0.504 e. The van der Waals surface area contributed by atoms with E-state index in [0.29, 0.717) is 40.6 Å². The first kappa shape index (κ1) is 23.9. The van der Waals surface area contributed by atoms with Crippen molar-refractivity contribution >= 4 is 33.9 Å². The van der Waals surface area contributed by atoms with E-state index >= 15 is 0 Å². The summed E-state index contributed by atoms with van der Waals surface area (Å²) in [5, 5.41) is 30.1. The van der Waals surface area contributed by atoms with Gasteiger partial charge in [0.1, 0.15) is 0 Å². The van der Waals surface area contributed by atoms with Gasteiger partial charge in [-0.2, -0.15) is 0 Å². The van der Waals surface area contributed by atoms with Crippen LogP contribution in [0.5, 0.6) is 11.5 Å². The van der Waals surface area contributed by atoms with Crippen LogP contribution < -0.4 is 16.7 Å². The average Bonchev–Trinajstić information content (AvgIpc) is 3.40. The maximum absolute atomic E-state index is 12.1. The van der Waals surface area contributed by atoms with Gasteiger partial charge in [0.05, 0.1) is 27.6 Å². The van der Waals surface area contributed by atoms with E-state index in [0.717, 1.165) is 5.56 Å². The standard InChI is InChI=1S/C16H15N3O4.C8H6N2O3/c20-13-4-1-9(7-14(13)21)5-6-17-15(22)10-2-3-11-12(8-10)19-16(23)18-11;11-7(12)4-1-2-5-6(3-4)10-8(13)9-5/h1-4,7-8,20-21H,5-6H2,(H,17,22)(H2,18,19,23);1-3H,(H,11,12)(H2,9,10,13). The number of aromatic amines is 4.